The number of ether oxygens (including phenoxy) is 1. The summed E-state index contributed by atoms with van der Waals surface area (Å²) in [4.78, 5) is 0. The van der Waals surface area contributed by atoms with E-state index >= 15 is 0 Å². The minimum atomic E-state index is -0.110. The largest absolute Gasteiger partial charge is 0.484 e. The van der Waals surface area contributed by atoms with E-state index in [-0.39, 0.29) is 11.1 Å². The molecule has 0 aliphatic heterocycles. The minimum Gasteiger partial charge on any atom is -0.484 e. The van der Waals surface area contributed by atoms with Crippen LogP contribution in [0, 0.1) is 0 Å². The summed E-state index contributed by atoms with van der Waals surface area (Å²) in [6.07, 6.45) is 2.11. The highest BCUT2D eigenvalue weighted by molar-refractivity contribution is 6.34. The van der Waals surface area contributed by atoms with E-state index in [1.807, 2.05) is 0 Å². The van der Waals surface area contributed by atoms with Gasteiger partial charge in [0.1, 0.15) is 11.4 Å². The van der Waals surface area contributed by atoms with Gasteiger partial charge in [0.25, 0.3) is 0 Å². The van der Waals surface area contributed by atoms with Crippen LogP contribution in [0.2, 0.25) is 10.0 Å². The fourth-order valence-corrected chi connectivity index (χ4v) is 1.99. The molecule has 18 heavy (non-hydrogen) atoms. The lowest BCUT2D eigenvalue weighted by molar-refractivity contribution is 0.164. The molecule has 1 aliphatic rings. The van der Waals surface area contributed by atoms with Gasteiger partial charge in [-0.2, -0.15) is 0 Å². The number of hydrogen-bond acceptors (Lipinski definition) is 2. The molecule has 0 amide bonds. The average molecular weight is 288 g/mol. The molecule has 0 spiro atoms. The number of rotatable bonds is 4. The van der Waals surface area contributed by atoms with Gasteiger partial charge in [0, 0.05) is 23.2 Å². The Kier molecular flexibility index (Phi) is 3.82. The van der Waals surface area contributed by atoms with Crippen LogP contribution in [0.25, 0.3) is 0 Å². The number of hydrogen-bond donors (Lipinski definition) is 1. The fourth-order valence-electron chi connectivity index (χ4n) is 1.67. The van der Waals surface area contributed by atoms with Crippen molar-refractivity contribution in [3.05, 3.63) is 28.2 Å². The number of nitrogens with one attached hydrogen (secondary N) is 1. The zero-order chi connectivity index (χ0) is 13.4. The summed E-state index contributed by atoms with van der Waals surface area (Å²) in [5, 5.41) is 4.74. The predicted molar refractivity (Wildman–Crippen MR) is 76.8 cm³/mol. The molecule has 0 heterocycles. The summed E-state index contributed by atoms with van der Waals surface area (Å²) in [5.74, 6) is 0.678. The molecule has 0 atom stereocenters. The second-order valence-corrected chi connectivity index (χ2v) is 6.81. The van der Waals surface area contributed by atoms with Gasteiger partial charge in [0.2, 0.25) is 0 Å². The monoisotopic (exact) mass is 287 g/mol. The van der Waals surface area contributed by atoms with Gasteiger partial charge < -0.3 is 10.1 Å². The Bertz CT molecular complexity index is 436. The van der Waals surface area contributed by atoms with E-state index in [1.165, 1.54) is 0 Å². The number of benzene rings is 1. The first kappa shape index (κ1) is 14.0. The maximum absolute atomic E-state index is 6.12. The third kappa shape index (κ3) is 3.78. The lowest BCUT2D eigenvalue weighted by Gasteiger charge is -2.26. The molecule has 1 fully saturated rings. The van der Waals surface area contributed by atoms with Gasteiger partial charge in [-0.3, -0.25) is 0 Å². The molecule has 4 heteroatoms. The van der Waals surface area contributed by atoms with E-state index in [4.69, 9.17) is 27.9 Å². The molecule has 1 aromatic rings. The smallest absolute Gasteiger partial charge is 0.140 e. The van der Waals surface area contributed by atoms with Crippen molar-refractivity contribution in [1.29, 1.82) is 0 Å². The summed E-state index contributed by atoms with van der Waals surface area (Å²) in [5.41, 5.74) is -0.0152. The standard InChI is InChI=1S/C14H19Cl2NO/c1-13(2,3)17-9-14(6-7-14)18-12-8-10(15)4-5-11(12)16/h4-5,8,17H,6-7,9H2,1-3H3. The van der Waals surface area contributed by atoms with Crippen LogP contribution in [0.5, 0.6) is 5.75 Å². The van der Waals surface area contributed by atoms with Crippen LogP contribution in [0.3, 0.4) is 0 Å². The van der Waals surface area contributed by atoms with Crippen LogP contribution in [0.1, 0.15) is 33.6 Å². The van der Waals surface area contributed by atoms with Gasteiger partial charge in [0.15, 0.2) is 0 Å². The van der Waals surface area contributed by atoms with E-state index in [0.29, 0.717) is 15.8 Å². The molecule has 0 saturated heterocycles. The van der Waals surface area contributed by atoms with Crippen LogP contribution < -0.4 is 10.1 Å². The number of halogens is 2. The second kappa shape index (κ2) is 4.92. The third-order valence-corrected chi connectivity index (χ3v) is 3.52. The maximum Gasteiger partial charge on any atom is 0.140 e. The maximum atomic E-state index is 6.12. The molecule has 0 aromatic heterocycles. The van der Waals surface area contributed by atoms with Crippen LogP contribution in [0.15, 0.2) is 18.2 Å². The van der Waals surface area contributed by atoms with Crippen LogP contribution in [-0.2, 0) is 0 Å². The van der Waals surface area contributed by atoms with Gasteiger partial charge in [-0.1, -0.05) is 23.2 Å². The molecule has 1 saturated carbocycles. The Hall–Kier alpha value is -0.440. The van der Waals surface area contributed by atoms with Crippen LogP contribution >= 0.6 is 23.2 Å². The fraction of sp³-hybridized carbons (Fsp3) is 0.571. The van der Waals surface area contributed by atoms with Gasteiger partial charge >= 0.3 is 0 Å². The molecule has 2 nitrogen and oxygen atoms in total. The third-order valence-electron chi connectivity index (χ3n) is 2.97. The molecule has 100 valence electrons. The summed E-state index contributed by atoms with van der Waals surface area (Å²) in [6.45, 7) is 7.28. The molecular formula is C14H19Cl2NO. The zero-order valence-corrected chi connectivity index (χ0v) is 12.5. The van der Waals surface area contributed by atoms with Crippen molar-refractivity contribution in [2.75, 3.05) is 6.54 Å². The van der Waals surface area contributed by atoms with Crippen LogP contribution in [-0.4, -0.2) is 17.7 Å². The highest BCUT2D eigenvalue weighted by Gasteiger charge is 2.46. The SMILES string of the molecule is CC(C)(C)NCC1(Oc2cc(Cl)ccc2Cl)CC1. The molecule has 1 aliphatic carbocycles. The Morgan fingerprint density at radius 2 is 1.94 bits per heavy atom. The molecule has 1 aromatic carbocycles. The van der Waals surface area contributed by atoms with Gasteiger partial charge in [-0.25, -0.2) is 0 Å². The minimum absolute atomic E-state index is 0.0943. The normalized spacial score (nSPS) is 17.6. The first-order chi connectivity index (χ1) is 8.30. The van der Waals surface area contributed by atoms with Gasteiger partial charge in [-0.05, 0) is 45.7 Å². The van der Waals surface area contributed by atoms with E-state index < -0.39 is 0 Å². The lowest BCUT2D eigenvalue weighted by atomic mass is 10.1. The van der Waals surface area contributed by atoms with Crippen molar-refractivity contribution in [3.63, 3.8) is 0 Å². The Labute approximate surface area is 119 Å². The average Bonchev–Trinajstić information content (AvgIpc) is 3.01. The molecule has 1 N–H and O–H groups in total. The van der Waals surface area contributed by atoms with Gasteiger partial charge in [-0.15, -0.1) is 0 Å². The predicted octanol–water partition coefficient (Wildman–Crippen LogP) is 4.29. The Balaban J connectivity index is 2.02. The van der Waals surface area contributed by atoms with Gasteiger partial charge in [0.05, 0.1) is 5.02 Å². The van der Waals surface area contributed by atoms with Crippen molar-refractivity contribution in [1.82, 2.24) is 5.32 Å². The van der Waals surface area contributed by atoms with Crippen molar-refractivity contribution in [2.45, 2.75) is 44.8 Å². The quantitative estimate of drug-likeness (QED) is 0.892. The van der Waals surface area contributed by atoms with E-state index in [2.05, 4.69) is 26.1 Å². The highest BCUT2D eigenvalue weighted by Crippen LogP contribution is 2.42. The molecule has 2 rings (SSSR count). The van der Waals surface area contributed by atoms with Crippen molar-refractivity contribution in [2.24, 2.45) is 0 Å². The van der Waals surface area contributed by atoms with E-state index in [0.717, 1.165) is 19.4 Å². The van der Waals surface area contributed by atoms with Crippen molar-refractivity contribution in [3.8, 4) is 5.75 Å². The first-order valence-corrected chi connectivity index (χ1v) is 6.94. The summed E-state index contributed by atoms with van der Waals surface area (Å²) >= 11 is 12.1. The second-order valence-electron chi connectivity index (χ2n) is 5.96. The lowest BCUT2D eigenvalue weighted by Crippen LogP contribution is -2.43. The molecule has 0 bridgehead atoms. The van der Waals surface area contributed by atoms with Crippen molar-refractivity contribution < 1.29 is 4.74 Å². The molecule has 0 radical (unpaired) electrons. The summed E-state index contributed by atoms with van der Waals surface area (Å²) in [6, 6.07) is 5.32. The van der Waals surface area contributed by atoms with E-state index in [9.17, 15) is 0 Å². The molecule has 0 unspecified atom stereocenters. The van der Waals surface area contributed by atoms with Crippen molar-refractivity contribution >= 4 is 23.2 Å². The summed E-state index contributed by atoms with van der Waals surface area (Å²) in [7, 11) is 0. The highest BCUT2D eigenvalue weighted by atomic mass is 35.5. The topological polar surface area (TPSA) is 21.3 Å². The molecular weight excluding hydrogens is 269 g/mol. The Morgan fingerprint density at radius 3 is 2.50 bits per heavy atom. The Morgan fingerprint density at radius 1 is 1.28 bits per heavy atom. The summed E-state index contributed by atoms with van der Waals surface area (Å²) < 4.78 is 6.04. The first-order valence-electron chi connectivity index (χ1n) is 6.19. The zero-order valence-electron chi connectivity index (χ0n) is 11.0. The van der Waals surface area contributed by atoms with Crippen LogP contribution in [0.4, 0.5) is 0 Å². The van der Waals surface area contributed by atoms with E-state index in [1.54, 1.807) is 18.2 Å².